The Morgan fingerprint density at radius 1 is 1.08 bits per heavy atom. The molecule has 3 rings (SSSR count). The summed E-state index contributed by atoms with van der Waals surface area (Å²) in [6, 6.07) is 15.4. The van der Waals surface area contributed by atoms with E-state index in [9.17, 15) is 4.79 Å². The highest BCUT2D eigenvalue weighted by atomic mass is 35.5. The number of para-hydroxylation sites is 1. The molecule has 2 aromatic carbocycles. The van der Waals surface area contributed by atoms with Crippen molar-refractivity contribution in [1.29, 1.82) is 0 Å². The molecule has 0 saturated heterocycles. The lowest BCUT2D eigenvalue weighted by Gasteiger charge is -2.22. The van der Waals surface area contributed by atoms with E-state index in [-0.39, 0.29) is 24.7 Å². The summed E-state index contributed by atoms with van der Waals surface area (Å²) in [6.45, 7) is 1.36. The molecule has 0 saturated carbocycles. The Bertz CT molecular complexity index is 849. The van der Waals surface area contributed by atoms with E-state index < -0.39 is 0 Å². The molecule has 3 aromatic rings. The number of carbonyl (C=O) groups excluding carboxylic acids is 1. The van der Waals surface area contributed by atoms with Gasteiger partial charge in [0.15, 0.2) is 5.13 Å². The Morgan fingerprint density at radius 3 is 2.46 bits per heavy atom. The highest BCUT2D eigenvalue weighted by molar-refractivity contribution is 7.22. The third kappa shape index (κ3) is 4.95. The fourth-order valence-corrected chi connectivity index (χ4v) is 3.71. The van der Waals surface area contributed by atoms with E-state index in [0.29, 0.717) is 11.6 Å². The Morgan fingerprint density at radius 2 is 1.77 bits per heavy atom. The predicted molar refractivity (Wildman–Crippen MR) is 113 cm³/mol. The minimum absolute atomic E-state index is 0. The Balaban J connectivity index is 0.00000243. The van der Waals surface area contributed by atoms with Crippen LogP contribution in [0.15, 0.2) is 48.5 Å². The molecular formula is C19H21Cl2N3OS. The van der Waals surface area contributed by atoms with Crippen molar-refractivity contribution in [2.24, 2.45) is 0 Å². The van der Waals surface area contributed by atoms with Crippen molar-refractivity contribution in [3.05, 3.63) is 59.1 Å². The van der Waals surface area contributed by atoms with Gasteiger partial charge in [-0.3, -0.25) is 9.69 Å². The van der Waals surface area contributed by atoms with E-state index in [1.807, 2.05) is 62.6 Å². The Hall–Kier alpha value is -1.66. The lowest BCUT2D eigenvalue weighted by Crippen LogP contribution is -2.37. The molecule has 7 heteroatoms. The van der Waals surface area contributed by atoms with Crippen molar-refractivity contribution >= 4 is 56.6 Å². The first-order chi connectivity index (χ1) is 12.0. The van der Waals surface area contributed by atoms with Crippen LogP contribution in [-0.4, -0.2) is 43.0 Å². The van der Waals surface area contributed by atoms with Crippen LogP contribution in [0.5, 0.6) is 0 Å². The van der Waals surface area contributed by atoms with Crippen molar-refractivity contribution in [3.63, 3.8) is 0 Å². The Kier molecular flexibility index (Phi) is 7.41. The van der Waals surface area contributed by atoms with Crippen molar-refractivity contribution in [1.82, 2.24) is 9.88 Å². The molecule has 1 heterocycles. The number of fused-ring (bicyclic) bond motifs is 1. The fraction of sp³-hybridized carbons (Fsp3) is 0.263. The molecule has 0 unspecified atom stereocenters. The van der Waals surface area contributed by atoms with Gasteiger partial charge in [-0.2, -0.15) is 0 Å². The highest BCUT2D eigenvalue weighted by Gasteiger charge is 2.20. The number of amides is 1. The normalized spacial score (nSPS) is 10.8. The quantitative estimate of drug-likeness (QED) is 0.600. The molecule has 1 aromatic heterocycles. The lowest BCUT2D eigenvalue weighted by atomic mass is 10.1. The number of likely N-dealkylation sites (N-methyl/N-ethyl adjacent to an activating group) is 1. The predicted octanol–water partition coefficient (Wildman–Crippen LogP) is 4.51. The summed E-state index contributed by atoms with van der Waals surface area (Å²) < 4.78 is 1.08. The van der Waals surface area contributed by atoms with Crippen LogP contribution >= 0.6 is 35.3 Å². The van der Waals surface area contributed by atoms with E-state index in [1.54, 1.807) is 16.2 Å². The van der Waals surface area contributed by atoms with Gasteiger partial charge >= 0.3 is 0 Å². The van der Waals surface area contributed by atoms with E-state index in [2.05, 4.69) is 9.88 Å². The summed E-state index contributed by atoms with van der Waals surface area (Å²) in [4.78, 5) is 21.4. The topological polar surface area (TPSA) is 36.4 Å². The zero-order chi connectivity index (χ0) is 17.8. The van der Waals surface area contributed by atoms with Crippen molar-refractivity contribution < 1.29 is 4.79 Å². The molecule has 0 atom stereocenters. The maximum absolute atomic E-state index is 13.0. The van der Waals surface area contributed by atoms with E-state index >= 15 is 0 Å². The van der Waals surface area contributed by atoms with E-state index in [0.717, 1.165) is 27.5 Å². The van der Waals surface area contributed by atoms with Crippen LogP contribution in [0.2, 0.25) is 5.02 Å². The number of nitrogens with zero attached hydrogens (tertiary/aromatic N) is 3. The number of thiazole rings is 1. The smallest absolute Gasteiger partial charge is 0.233 e. The molecule has 0 aliphatic carbocycles. The van der Waals surface area contributed by atoms with E-state index in [1.165, 1.54) is 0 Å². The molecule has 0 radical (unpaired) electrons. The van der Waals surface area contributed by atoms with Crippen LogP contribution in [0.4, 0.5) is 5.13 Å². The molecule has 0 aliphatic rings. The van der Waals surface area contributed by atoms with Crippen molar-refractivity contribution in [2.75, 3.05) is 32.1 Å². The molecule has 0 fully saturated rings. The van der Waals surface area contributed by atoms with Crippen LogP contribution in [0, 0.1) is 0 Å². The molecule has 0 aliphatic heterocycles. The number of benzene rings is 2. The monoisotopic (exact) mass is 409 g/mol. The second-order valence-electron chi connectivity index (χ2n) is 6.08. The van der Waals surface area contributed by atoms with Crippen LogP contribution in [0.1, 0.15) is 5.56 Å². The summed E-state index contributed by atoms with van der Waals surface area (Å²) >= 11 is 7.76. The number of halogens is 2. The number of hydrogen-bond acceptors (Lipinski definition) is 4. The molecule has 1 amide bonds. The van der Waals surface area contributed by atoms with Crippen molar-refractivity contribution in [2.45, 2.75) is 6.42 Å². The van der Waals surface area contributed by atoms with Gasteiger partial charge in [-0.05, 0) is 37.9 Å². The van der Waals surface area contributed by atoms with Gasteiger partial charge in [-0.1, -0.05) is 53.3 Å². The van der Waals surface area contributed by atoms with Gasteiger partial charge in [0, 0.05) is 18.1 Å². The van der Waals surface area contributed by atoms with Gasteiger partial charge < -0.3 is 4.90 Å². The largest absolute Gasteiger partial charge is 0.308 e. The molecule has 0 N–H and O–H groups in total. The van der Waals surface area contributed by atoms with Crippen LogP contribution in [0.25, 0.3) is 10.2 Å². The number of carbonyl (C=O) groups is 1. The Labute approximate surface area is 168 Å². The van der Waals surface area contributed by atoms with Gasteiger partial charge in [0.05, 0.1) is 16.6 Å². The minimum Gasteiger partial charge on any atom is -0.308 e. The number of aromatic nitrogens is 1. The van der Waals surface area contributed by atoms with Gasteiger partial charge in [0.2, 0.25) is 5.91 Å². The summed E-state index contributed by atoms with van der Waals surface area (Å²) in [5, 5.41) is 1.35. The van der Waals surface area contributed by atoms with Crippen LogP contribution in [0.3, 0.4) is 0 Å². The molecule has 138 valence electrons. The van der Waals surface area contributed by atoms with Gasteiger partial charge in [-0.15, -0.1) is 12.4 Å². The molecule has 26 heavy (non-hydrogen) atoms. The van der Waals surface area contributed by atoms with Crippen LogP contribution in [-0.2, 0) is 11.2 Å². The zero-order valence-corrected chi connectivity index (χ0v) is 17.1. The zero-order valence-electron chi connectivity index (χ0n) is 14.7. The van der Waals surface area contributed by atoms with Crippen molar-refractivity contribution in [3.8, 4) is 0 Å². The third-order valence-corrected chi connectivity index (χ3v) is 5.31. The summed E-state index contributed by atoms with van der Waals surface area (Å²) in [5.41, 5.74) is 1.76. The van der Waals surface area contributed by atoms with Gasteiger partial charge in [0.1, 0.15) is 0 Å². The molecule has 0 bridgehead atoms. The molecule has 4 nitrogen and oxygen atoms in total. The second-order valence-corrected chi connectivity index (χ2v) is 7.50. The number of hydrogen-bond donors (Lipinski definition) is 0. The molecular weight excluding hydrogens is 389 g/mol. The van der Waals surface area contributed by atoms with Gasteiger partial charge in [-0.25, -0.2) is 4.98 Å². The third-order valence-electron chi connectivity index (χ3n) is 3.88. The summed E-state index contributed by atoms with van der Waals surface area (Å²) in [5.74, 6) is 0.00834. The standard InChI is InChI=1S/C19H20ClN3OS.ClH/c1-22(2)11-12-23(18(24)13-14-7-3-4-8-15(14)20)19-21-16-9-5-6-10-17(16)25-19;/h3-10H,11-13H2,1-2H3;1H. The average Bonchev–Trinajstić information content (AvgIpc) is 3.00. The minimum atomic E-state index is 0. The van der Waals surface area contributed by atoms with E-state index in [4.69, 9.17) is 11.6 Å². The van der Waals surface area contributed by atoms with Crippen LogP contribution < -0.4 is 4.90 Å². The highest BCUT2D eigenvalue weighted by Crippen LogP contribution is 2.29. The maximum atomic E-state index is 13.0. The first kappa shape index (κ1) is 20.6. The lowest BCUT2D eigenvalue weighted by molar-refractivity contribution is -0.118. The summed E-state index contributed by atoms with van der Waals surface area (Å²) in [6.07, 6.45) is 0.267. The number of anilines is 1. The SMILES string of the molecule is CN(C)CCN(C(=O)Cc1ccccc1Cl)c1nc2ccccc2s1.Cl. The average molecular weight is 410 g/mol. The first-order valence-corrected chi connectivity index (χ1v) is 9.28. The summed E-state index contributed by atoms with van der Waals surface area (Å²) in [7, 11) is 3.99. The fourth-order valence-electron chi connectivity index (χ4n) is 2.50. The maximum Gasteiger partial charge on any atom is 0.233 e. The molecule has 0 spiro atoms. The number of rotatable bonds is 6. The second kappa shape index (κ2) is 9.33. The van der Waals surface area contributed by atoms with Gasteiger partial charge in [0.25, 0.3) is 0 Å². The first-order valence-electron chi connectivity index (χ1n) is 8.08.